The van der Waals surface area contributed by atoms with Crippen molar-refractivity contribution in [3.63, 3.8) is 0 Å². The van der Waals surface area contributed by atoms with Gasteiger partial charge in [0, 0.05) is 13.8 Å². The van der Waals surface area contributed by atoms with E-state index in [1.807, 2.05) is 0 Å². The van der Waals surface area contributed by atoms with Crippen LogP contribution >= 0.6 is 0 Å². The van der Waals surface area contributed by atoms with Gasteiger partial charge in [0.05, 0.1) is 13.2 Å². The molecule has 0 amide bonds. The molecule has 0 rings (SSSR count). The number of carbonyl (C=O) groups excluding carboxylic acids is 2. The van der Waals surface area contributed by atoms with Gasteiger partial charge in [0.15, 0.2) is 0 Å². The first-order chi connectivity index (χ1) is 18.5. The fourth-order valence-electron chi connectivity index (χ4n) is 3.87. The van der Waals surface area contributed by atoms with Crippen molar-refractivity contribution in [3.8, 4) is 0 Å². The van der Waals surface area contributed by atoms with Crippen LogP contribution in [-0.4, -0.2) is 25.2 Å². The maximum Gasteiger partial charge on any atom is 0.302 e. The molecule has 0 radical (unpaired) electrons. The van der Waals surface area contributed by atoms with Crippen LogP contribution in [0.15, 0.2) is 36.5 Å². The summed E-state index contributed by atoms with van der Waals surface area (Å²) < 4.78 is 9.73. The van der Waals surface area contributed by atoms with Gasteiger partial charge in [-0.2, -0.15) is 0 Å². The highest BCUT2D eigenvalue weighted by Crippen LogP contribution is 2.10. The van der Waals surface area contributed by atoms with E-state index < -0.39 is 0 Å². The van der Waals surface area contributed by atoms with E-state index in [1.54, 1.807) is 0 Å². The van der Waals surface area contributed by atoms with Crippen LogP contribution in [0.3, 0.4) is 0 Å². The van der Waals surface area contributed by atoms with Gasteiger partial charge < -0.3 is 9.47 Å². The van der Waals surface area contributed by atoms with Crippen molar-refractivity contribution in [2.75, 3.05) is 13.2 Å². The fraction of sp³-hybridized carbons (Fsp3) is 0.765. The average molecular weight is 535 g/mol. The number of unbranched alkanes of at least 4 members (excludes halogenated alkanes) is 15. The molecule has 0 saturated heterocycles. The minimum atomic E-state index is -0.190. The van der Waals surface area contributed by atoms with Gasteiger partial charge in [0.25, 0.3) is 0 Å². The van der Waals surface area contributed by atoms with Gasteiger partial charge in [-0.3, -0.25) is 9.59 Å². The van der Waals surface area contributed by atoms with Gasteiger partial charge in [-0.1, -0.05) is 115 Å². The molecule has 0 spiro atoms. The lowest BCUT2D eigenvalue weighted by molar-refractivity contribution is -0.141. The topological polar surface area (TPSA) is 52.6 Å². The Hall–Kier alpha value is -1.84. The normalized spacial score (nSPS) is 11.3. The maximum absolute atomic E-state index is 10.6. The van der Waals surface area contributed by atoms with Crippen LogP contribution < -0.4 is 0 Å². The van der Waals surface area contributed by atoms with Crippen LogP contribution in [0.4, 0.5) is 0 Å². The van der Waals surface area contributed by atoms with Crippen LogP contribution in [0.2, 0.25) is 0 Å². The summed E-state index contributed by atoms with van der Waals surface area (Å²) in [4.78, 5) is 21.0. The van der Waals surface area contributed by atoms with Gasteiger partial charge in [-0.05, 0) is 64.2 Å². The molecule has 0 aliphatic rings. The zero-order chi connectivity index (χ0) is 28.4. The third-order valence-electron chi connectivity index (χ3n) is 6.11. The van der Waals surface area contributed by atoms with Crippen LogP contribution in [0.1, 0.15) is 156 Å². The molecule has 0 aromatic heterocycles. The molecule has 0 aromatic rings. The standard InChI is InChI=1S/C20H36O2.C14H26O2/c1-3-4-5-6-7-8-9-10-11-12-13-14-15-16-17-18-19-22-20(2)21;1-3-4-5-6-7-8-9-10-11-12-13-16-14(2)15/h6-7,16-17H,3-5,8-15,18-19H2,1-2H3;4-5H,3,6-13H2,1-2H3/b7-6-,17-16-;5-4-. The van der Waals surface area contributed by atoms with Crippen LogP contribution in [0.5, 0.6) is 0 Å². The SMILES string of the molecule is CC/C=C\CCCCCCCCOC(C)=O.CCCC/C=C\CCCCCCCC/C=C\CCOC(C)=O. The Morgan fingerprint density at radius 3 is 1.26 bits per heavy atom. The Kier molecular flexibility index (Phi) is 35.4. The highest BCUT2D eigenvalue weighted by Gasteiger charge is 1.94. The molecule has 0 saturated carbocycles. The molecule has 222 valence electrons. The summed E-state index contributed by atoms with van der Waals surface area (Å²) in [5, 5.41) is 0. The van der Waals surface area contributed by atoms with Crippen molar-refractivity contribution >= 4 is 11.9 Å². The minimum Gasteiger partial charge on any atom is -0.466 e. The lowest BCUT2D eigenvalue weighted by Crippen LogP contribution is -1.99. The lowest BCUT2D eigenvalue weighted by Gasteiger charge is -2.01. The number of hydrogen-bond donors (Lipinski definition) is 0. The van der Waals surface area contributed by atoms with E-state index in [-0.39, 0.29) is 11.9 Å². The molecule has 0 aliphatic carbocycles. The molecule has 4 heteroatoms. The third kappa shape index (κ3) is 41.3. The molecule has 0 heterocycles. The molecule has 0 bridgehead atoms. The quantitative estimate of drug-likeness (QED) is 0.0664. The van der Waals surface area contributed by atoms with E-state index in [1.165, 1.54) is 117 Å². The van der Waals surface area contributed by atoms with Gasteiger partial charge >= 0.3 is 11.9 Å². The van der Waals surface area contributed by atoms with Crippen LogP contribution in [0, 0.1) is 0 Å². The predicted octanol–water partition coefficient (Wildman–Crippen LogP) is 10.6. The summed E-state index contributed by atoms with van der Waals surface area (Å²) in [5.41, 5.74) is 0. The van der Waals surface area contributed by atoms with Crippen LogP contribution in [0.25, 0.3) is 0 Å². The van der Waals surface area contributed by atoms with Crippen molar-refractivity contribution in [3.05, 3.63) is 36.5 Å². The van der Waals surface area contributed by atoms with Gasteiger partial charge in [-0.15, -0.1) is 0 Å². The number of carbonyl (C=O) groups is 2. The van der Waals surface area contributed by atoms with Crippen molar-refractivity contribution in [2.45, 2.75) is 156 Å². The largest absolute Gasteiger partial charge is 0.466 e. The average Bonchev–Trinajstić information content (AvgIpc) is 2.89. The molecule has 0 unspecified atom stereocenters. The number of rotatable bonds is 25. The number of allylic oxidation sites excluding steroid dienone is 5. The fourth-order valence-corrected chi connectivity index (χ4v) is 3.87. The highest BCUT2D eigenvalue weighted by atomic mass is 16.5. The van der Waals surface area contributed by atoms with E-state index in [0.29, 0.717) is 13.2 Å². The minimum absolute atomic E-state index is 0.164. The monoisotopic (exact) mass is 534 g/mol. The summed E-state index contributed by atoms with van der Waals surface area (Å²) in [5.74, 6) is -0.354. The summed E-state index contributed by atoms with van der Waals surface area (Å²) >= 11 is 0. The van der Waals surface area contributed by atoms with Gasteiger partial charge in [0.1, 0.15) is 0 Å². The molecule has 0 aliphatic heterocycles. The van der Waals surface area contributed by atoms with E-state index >= 15 is 0 Å². The van der Waals surface area contributed by atoms with Crippen molar-refractivity contribution in [1.82, 2.24) is 0 Å². The number of ether oxygens (including phenoxy) is 2. The second-order valence-corrected chi connectivity index (χ2v) is 10.0. The van der Waals surface area contributed by atoms with Crippen molar-refractivity contribution < 1.29 is 19.1 Å². The first-order valence-corrected chi connectivity index (χ1v) is 15.8. The maximum atomic E-state index is 10.6. The molecule has 0 atom stereocenters. The molecule has 0 aromatic carbocycles. The first kappa shape index (κ1) is 38.3. The van der Waals surface area contributed by atoms with E-state index in [9.17, 15) is 9.59 Å². The summed E-state index contributed by atoms with van der Waals surface area (Å²) in [6.45, 7) is 8.43. The molecule has 0 N–H and O–H groups in total. The molecule has 4 nitrogen and oxygen atoms in total. The molecular weight excluding hydrogens is 472 g/mol. The molecule has 38 heavy (non-hydrogen) atoms. The Labute approximate surface area is 236 Å². The summed E-state index contributed by atoms with van der Waals surface area (Å²) in [6.07, 6.45) is 38.5. The number of esters is 2. The Morgan fingerprint density at radius 1 is 0.447 bits per heavy atom. The lowest BCUT2D eigenvalue weighted by atomic mass is 10.1. The van der Waals surface area contributed by atoms with Crippen molar-refractivity contribution in [2.24, 2.45) is 0 Å². The Morgan fingerprint density at radius 2 is 0.816 bits per heavy atom. The highest BCUT2D eigenvalue weighted by molar-refractivity contribution is 5.66. The first-order valence-electron chi connectivity index (χ1n) is 15.8. The predicted molar refractivity (Wildman–Crippen MR) is 164 cm³/mol. The summed E-state index contributed by atoms with van der Waals surface area (Å²) in [7, 11) is 0. The van der Waals surface area contributed by atoms with E-state index in [4.69, 9.17) is 9.47 Å². The second kappa shape index (κ2) is 35.2. The molecular formula is C34H62O4. The van der Waals surface area contributed by atoms with E-state index in [2.05, 4.69) is 50.3 Å². The third-order valence-corrected chi connectivity index (χ3v) is 6.11. The molecule has 0 fully saturated rings. The van der Waals surface area contributed by atoms with E-state index in [0.717, 1.165) is 25.7 Å². The Bertz CT molecular complexity index is 577. The zero-order valence-corrected chi connectivity index (χ0v) is 25.7. The zero-order valence-electron chi connectivity index (χ0n) is 25.7. The van der Waals surface area contributed by atoms with Crippen molar-refractivity contribution in [1.29, 1.82) is 0 Å². The smallest absolute Gasteiger partial charge is 0.302 e. The van der Waals surface area contributed by atoms with Gasteiger partial charge in [0.2, 0.25) is 0 Å². The Balaban J connectivity index is 0. The second-order valence-electron chi connectivity index (χ2n) is 10.0. The summed E-state index contributed by atoms with van der Waals surface area (Å²) in [6, 6.07) is 0. The van der Waals surface area contributed by atoms with Gasteiger partial charge in [-0.25, -0.2) is 0 Å². The van der Waals surface area contributed by atoms with Crippen LogP contribution in [-0.2, 0) is 19.1 Å². The number of hydrogen-bond acceptors (Lipinski definition) is 4.